The standard InChI is InChI=1S/C16H20BrN3O3.C10H8BrNO2.C7H14ClNO.CH4.ClH/c1-22-16(21)12-9-14(17)13-11-18-20(15(13)10-12)4-2-3-19-5-7-23-8-6-19;1-14-10(13)6-2-7-4-12-5-8(7)9(11)3-6;8-2-1-3-9-4-6-10-7-5-9;;/h9-11H,2-8H2,1H3;2-3,5H,4H2,1H3;1-7H2;1H4;1H. The number of halogens is 4. The Kier molecular flexibility index (Phi) is 19.9. The highest BCUT2D eigenvalue weighted by atomic mass is 79.9. The number of nitrogens with zero attached hydrogens (tertiary/aromatic N) is 5. The number of aryl methyl sites for hydroxylation is 1. The van der Waals surface area contributed by atoms with Crippen molar-refractivity contribution in [1.82, 2.24) is 19.6 Å². The van der Waals surface area contributed by atoms with Crippen LogP contribution >= 0.6 is 55.9 Å². The second-order valence-corrected chi connectivity index (χ2v) is 13.1. The van der Waals surface area contributed by atoms with Gasteiger partial charge in [-0.3, -0.25) is 19.5 Å². The maximum atomic E-state index is 11.8. The highest BCUT2D eigenvalue weighted by molar-refractivity contribution is 9.11. The summed E-state index contributed by atoms with van der Waals surface area (Å²) >= 11 is 12.5. The summed E-state index contributed by atoms with van der Waals surface area (Å²) in [4.78, 5) is 32.0. The van der Waals surface area contributed by atoms with Crippen LogP contribution in [-0.2, 0) is 32.0 Å². The van der Waals surface area contributed by atoms with E-state index in [2.05, 4.69) is 56.5 Å². The molecule has 4 heterocycles. The number of benzene rings is 2. The number of carbonyl (C=O) groups is 2. The van der Waals surface area contributed by atoms with Crippen LogP contribution in [-0.4, -0.2) is 124 Å². The van der Waals surface area contributed by atoms with Gasteiger partial charge in [0, 0.05) is 71.3 Å². The van der Waals surface area contributed by atoms with E-state index in [1.807, 2.05) is 23.0 Å². The second kappa shape index (κ2) is 22.7. The first-order valence-electron chi connectivity index (χ1n) is 15.6. The fourth-order valence-electron chi connectivity index (χ4n) is 5.35. The number of rotatable bonds is 9. The highest BCUT2D eigenvalue weighted by Crippen LogP contribution is 2.27. The molecule has 0 saturated carbocycles. The fourth-order valence-corrected chi connectivity index (χ4v) is 6.62. The van der Waals surface area contributed by atoms with Gasteiger partial charge in [0.05, 0.1) is 70.0 Å². The molecule has 6 rings (SSSR count). The van der Waals surface area contributed by atoms with Crippen molar-refractivity contribution in [1.29, 1.82) is 0 Å². The molecule has 2 fully saturated rings. The molecule has 49 heavy (non-hydrogen) atoms. The lowest BCUT2D eigenvalue weighted by molar-refractivity contribution is 0.0368. The molecule has 2 saturated heterocycles. The van der Waals surface area contributed by atoms with Gasteiger partial charge in [0.2, 0.25) is 0 Å². The molecule has 15 heteroatoms. The van der Waals surface area contributed by atoms with Crippen LogP contribution in [0.15, 0.2) is 44.4 Å². The summed E-state index contributed by atoms with van der Waals surface area (Å²) in [5.41, 5.74) is 4.14. The minimum Gasteiger partial charge on any atom is -0.465 e. The van der Waals surface area contributed by atoms with Crippen LogP contribution in [0.5, 0.6) is 0 Å². The van der Waals surface area contributed by atoms with E-state index in [0.29, 0.717) is 17.7 Å². The van der Waals surface area contributed by atoms with Gasteiger partial charge in [0.15, 0.2) is 0 Å². The Morgan fingerprint density at radius 3 is 1.96 bits per heavy atom. The molecular formula is C34H47Br2Cl2N5O6. The molecule has 3 aliphatic rings. The third kappa shape index (κ3) is 12.9. The van der Waals surface area contributed by atoms with E-state index >= 15 is 0 Å². The van der Waals surface area contributed by atoms with Crippen molar-refractivity contribution in [2.24, 2.45) is 4.99 Å². The molecule has 2 aromatic carbocycles. The van der Waals surface area contributed by atoms with E-state index < -0.39 is 0 Å². The monoisotopic (exact) mass is 849 g/mol. The van der Waals surface area contributed by atoms with E-state index in [4.69, 9.17) is 25.8 Å². The number of hydrogen-bond donors (Lipinski definition) is 0. The van der Waals surface area contributed by atoms with Gasteiger partial charge in [-0.05, 0) is 49.2 Å². The molecule has 3 aromatic rings. The molecule has 0 spiro atoms. The lowest BCUT2D eigenvalue weighted by atomic mass is 10.1. The van der Waals surface area contributed by atoms with Gasteiger partial charge in [-0.1, -0.05) is 39.3 Å². The Hall–Kier alpha value is -2.10. The third-order valence-corrected chi connectivity index (χ3v) is 9.49. The lowest BCUT2D eigenvalue weighted by Gasteiger charge is -2.26. The molecule has 0 amide bonds. The summed E-state index contributed by atoms with van der Waals surface area (Å²) in [6.45, 7) is 11.2. The molecule has 0 atom stereocenters. The summed E-state index contributed by atoms with van der Waals surface area (Å²) in [6.07, 6.45) is 5.74. The maximum Gasteiger partial charge on any atom is 0.337 e. The molecule has 272 valence electrons. The molecule has 0 radical (unpaired) electrons. The van der Waals surface area contributed by atoms with Crippen molar-refractivity contribution >= 4 is 84.9 Å². The smallest absolute Gasteiger partial charge is 0.337 e. The highest BCUT2D eigenvalue weighted by Gasteiger charge is 2.16. The van der Waals surface area contributed by atoms with Crippen LogP contribution in [0.1, 0.15) is 52.1 Å². The summed E-state index contributed by atoms with van der Waals surface area (Å²) in [5.74, 6) is 0.117. The van der Waals surface area contributed by atoms with Gasteiger partial charge < -0.3 is 18.9 Å². The van der Waals surface area contributed by atoms with E-state index in [-0.39, 0.29) is 31.8 Å². The van der Waals surface area contributed by atoms with Crippen LogP contribution in [0.25, 0.3) is 10.9 Å². The number of alkyl halides is 1. The average Bonchev–Trinajstić information content (AvgIpc) is 3.76. The minimum absolute atomic E-state index is 0. The number of hydrogen-bond acceptors (Lipinski definition) is 10. The molecular weight excluding hydrogens is 805 g/mol. The molecule has 1 aromatic heterocycles. The number of carbonyl (C=O) groups excluding carboxylic acids is 2. The van der Waals surface area contributed by atoms with Crippen LogP contribution in [0.3, 0.4) is 0 Å². The summed E-state index contributed by atoms with van der Waals surface area (Å²) < 4.78 is 23.7. The van der Waals surface area contributed by atoms with E-state index in [1.165, 1.54) is 14.2 Å². The van der Waals surface area contributed by atoms with Gasteiger partial charge in [-0.15, -0.1) is 24.0 Å². The summed E-state index contributed by atoms with van der Waals surface area (Å²) in [5, 5.41) is 5.46. The molecule has 0 bridgehead atoms. The second-order valence-electron chi connectivity index (χ2n) is 11.0. The van der Waals surface area contributed by atoms with Gasteiger partial charge in [0.25, 0.3) is 0 Å². The van der Waals surface area contributed by atoms with Crippen molar-refractivity contribution < 1.29 is 28.5 Å². The van der Waals surface area contributed by atoms with Crippen LogP contribution in [0.2, 0.25) is 0 Å². The Morgan fingerprint density at radius 2 is 1.39 bits per heavy atom. The number of methoxy groups -OCH3 is 2. The number of aromatic nitrogens is 2. The quantitative estimate of drug-likeness (QED) is 0.177. The van der Waals surface area contributed by atoms with Crippen molar-refractivity contribution in [3.63, 3.8) is 0 Å². The predicted molar refractivity (Wildman–Crippen MR) is 204 cm³/mol. The predicted octanol–water partition coefficient (Wildman–Crippen LogP) is 6.48. The van der Waals surface area contributed by atoms with Crippen LogP contribution in [0, 0.1) is 0 Å². The van der Waals surface area contributed by atoms with Crippen molar-refractivity contribution in [3.05, 3.63) is 61.7 Å². The number of fused-ring (bicyclic) bond motifs is 2. The fraction of sp³-hybridized carbons (Fsp3) is 0.529. The largest absolute Gasteiger partial charge is 0.465 e. The third-order valence-electron chi connectivity index (χ3n) is 7.91. The van der Waals surface area contributed by atoms with Gasteiger partial charge >= 0.3 is 11.9 Å². The Balaban J connectivity index is 0.000000274. The first-order valence-corrected chi connectivity index (χ1v) is 17.8. The zero-order chi connectivity index (χ0) is 33.6. The lowest BCUT2D eigenvalue weighted by Crippen LogP contribution is -2.37. The van der Waals surface area contributed by atoms with E-state index in [0.717, 1.165) is 122 Å². The number of ether oxygens (including phenoxy) is 4. The van der Waals surface area contributed by atoms with Gasteiger partial charge in [0.1, 0.15) is 0 Å². The molecule has 11 nitrogen and oxygen atoms in total. The van der Waals surface area contributed by atoms with Crippen molar-refractivity contribution in [2.45, 2.75) is 33.4 Å². The van der Waals surface area contributed by atoms with E-state index in [1.54, 1.807) is 18.3 Å². The number of esters is 2. The zero-order valence-electron chi connectivity index (χ0n) is 27.3. The topological polar surface area (TPSA) is 108 Å². The zero-order valence-corrected chi connectivity index (χ0v) is 32.0. The Morgan fingerprint density at radius 1 is 0.837 bits per heavy atom. The first kappa shape index (κ1) is 43.1. The van der Waals surface area contributed by atoms with Gasteiger partial charge in [-0.2, -0.15) is 5.10 Å². The minimum atomic E-state index is -0.339. The average molecular weight is 852 g/mol. The van der Waals surface area contributed by atoms with Crippen LogP contribution < -0.4 is 0 Å². The summed E-state index contributed by atoms with van der Waals surface area (Å²) in [6, 6.07) is 7.18. The summed E-state index contributed by atoms with van der Waals surface area (Å²) in [7, 11) is 2.76. The molecule has 0 unspecified atom stereocenters. The SMILES string of the molecule is C.COC(=O)c1cc(Br)c2c(c1)CN=C2.COC(=O)c1cc(Br)c2cnn(CCCN3CCOCC3)c2c1.Cl.ClCCCN1CCOCC1. The number of morpholine rings is 2. The van der Waals surface area contributed by atoms with Crippen LogP contribution in [0.4, 0.5) is 0 Å². The van der Waals surface area contributed by atoms with Gasteiger partial charge in [-0.25, -0.2) is 9.59 Å². The normalized spacial score (nSPS) is 15.4. The van der Waals surface area contributed by atoms with Crippen molar-refractivity contribution in [3.8, 4) is 0 Å². The van der Waals surface area contributed by atoms with E-state index in [9.17, 15) is 9.59 Å². The van der Waals surface area contributed by atoms with Crippen molar-refractivity contribution in [2.75, 3.05) is 85.8 Å². The first-order chi connectivity index (χ1) is 22.8. The molecule has 3 aliphatic heterocycles. The maximum absolute atomic E-state index is 11.8. The molecule has 0 N–H and O–H groups in total. The number of aliphatic imine (C=N–C) groups is 1. The molecule has 0 aliphatic carbocycles. The Labute approximate surface area is 317 Å². The Bertz CT molecular complexity index is 1510.